The normalized spacial score (nSPS) is 20.5. The summed E-state index contributed by atoms with van der Waals surface area (Å²) in [6, 6.07) is 7.84. The van der Waals surface area contributed by atoms with Crippen molar-refractivity contribution < 1.29 is 9.53 Å². The SMILES string of the molecule is Cc1ccccc1O[C@@H]1CCCC[C@@H]1NC(=O)Cn1cn[nH]c1=O. The Morgan fingerprint density at radius 2 is 2.17 bits per heavy atom. The van der Waals surface area contributed by atoms with E-state index in [1.807, 2.05) is 31.2 Å². The van der Waals surface area contributed by atoms with Crippen LogP contribution in [0.1, 0.15) is 31.2 Å². The van der Waals surface area contributed by atoms with Gasteiger partial charge >= 0.3 is 5.69 Å². The standard InChI is InChI=1S/C17H22N4O3/c1-12-6-2-4-8-14(12)24-15-9-5-3-7-13(15)19-16(22)10-21-11-18-20-17(21)23/h2,4,6,8,11,13,15H,3,5,7,9-10H2,1H3,(H,19,22)(H,20,23)/t13-,15+/m0/s1. The molecular formula is C17H22N4O3. The number of carbonyl (C=O) groups is 1. The number of aromatic nitrogens is 3. The highest BCUT2D eigenvalue weighted by atomic mass is 16.5. The Balaban J connectivity index is 1.64. The Kier molecular flexibility index (Phi) is 4.98. The fourth-order valence-electron chi connectivity index (χ4n) is 3.04. The van der Waals surface area contributed by atoms with E-state index >= 15 is 0 Å². The number of para-hydroxylation sites is 1. The smallest absolute Gasteiger partial charge is 0.343 e. The number of aryl methyl sites for hydroxylation is 1. The molecule has 7 heteroatoms. The lowest BCUT2D eigenvalue weighted by Crippen LogP contribution is -2.49. The fraction of sp³-hybridized carbons (Fsp3) is 0.471. The van der Waals surface area contributed by atoms with Gasteiger partial charge in [0.15, 0.2) is 0 Å². The zero-order valence-corrected chi connectivity index (χ0v) is 13.7. The molecule has 1 aromatic carbocycles. The molecule has 24 heavy (non-hydrogen) atoms. The second-order valence-corrected chi connectivity index (χ2v) is 6.17. The summed E-state index contributed by atoms with van der Waals surface area (Å²) in [7, 11) is 0. The second-order valence-electron chi connectivity index (χ2n) is 6.17. The van der Waals surface area contributed by atoms with Crippen LogP contribution in [-0.4, -0.2) is 32.8 Å². The number of carbonyl (C=O) groups excluding carboxylic acids is 1. The van der Waals surface area contributed by atoms with Gasteiger partial charge in [0.05, 0.1) is 6.04 Å². The van der Waals surface area contributed by atoms with Crippen LogP contribution in [0.5, 0.6) is 5.75 Å². The third kappa shape index (κ3) is 3.84. The third-order valence-corrected chi connectivity index (χ3v) is 4.35. The molecule has 0 bridgehead atoms. The van der Waals surface area contributed by atoms with Gasteiger partial charge < -0.3 is 10.1 Å². The van der Waals surface area contributed by atoms with Crippen molar-refractivity contribution in [3.63, 3.8) is 0 Å². The number of ether oxygens (including phenoxy) is 1. The number of rotatable bonds is 5. The van der Waals surface area contributed by atoms with Crippen molar-refractivity contribution in [2.75, 3.05) is 0 Å². The summed E-state index contributed by atoms with van der Waals surface area (Å²) in [4.78, 5) is 23.7. The molecule has 7 nitrogen and oxygen atoms in total. The highest BCUT2D eigenvalue weighted by molar-refractivity contribution is 5.76. The number of nitrogens with zero attached hydrogens (tertiary/aromatic N) is 2. The number of aromatic amines is 1. The van der Waals surface area contributed by atoms with E-state index in [0.29, 0.717) is 0 Å². The largest absolute Gasteiger partial charge is 0.488 e. The lowest BCUT2D eigenvalue weighted by Gasteiger charge is -2.33. The minimum Gasteiger partial charge on any atom is -0.488 e. The minimum absolute atomic E-state index is 0.0388. The van der Waals surface area contributed by atoms with Crippen molar-refractivity contribution in [3.05, 3.63) is 46.6 Å². The Bertz CT molecular complexity index is 752. The van der Waals surface area contributed by atoms with E-state index in [1.54, 1.807) is 0 Å². The Morgan fingerprint density at radius 3 is 2.92 bits per heavy atom. The molecule has 2 N–H and O–H groups in total. The van der Waals surface area contributed by atoms with Gasteiger partial charge in [0, 0.05) is 0 Å². The van der Waals surface area contributed by atoms with E-state index in [0.717, 1.165) is 37.0 Å². The summed E-state index contributed by atoms with van der Waals surface area (Å²) >= 11 is 0. The molecule has 3 rings (SSSR count). The summed E-state index contributed by atoms with van der Waals surface area (Å²) in [6.45, 7) is 1.97. The zero-order valence-electron chi connectivity index (χ0n) is 13.7. The molecule has 0 unspecified atom stereocenters. The molecule has 1 aromatic heterocycles. The highest BCUT2D eigenvalue weighted by Gasteiger charge is 2.28. The van der Waals surface area contributed by atoms with Crippen molar-refractivity contribution in [1.29, 1.82) is 0 Å². The van der Waals surface area contributed by atoms with E-state index in [1.165, 1.54) is 10.9 Å². The first kappa shape index (κ1) is 16.3. The predicted octanol–water partition coefficient (Wildman–Crippen LogP) is 1.39. The summed E-state index contributed by atoms with van der Waals surface area (Å²) in [5, 5.41) is 8.91. The van der Waals surface area contributed by atoms with Crippen molar-refractivity contribution in [2.45, 2.75) is 51.3 Å². The maximum Gasteiger partial charge on any atom is 0.343 e. The molecule has 1 heterocycles. The molecule has 1 fully saturated rings. The third-order valence-electron chi connectivity index (χ3n) is 4.35. The van der Waals surface area contributed by atoms with Crippen LogP contribution in [0, 0.1) is 6.92 Å². The molecule has 2 atom stereocenters. The summed E-state index contributed by atoms with van der Waals surface area (Å²) in [5.41, 5.74) is 0.694. The number of nitrogens with one attached hydrogen (secondary N) is 2. The first-order chi connectivity index (χ1) is 11.6. The number of benzene rings is 1. The Morgan fingerprint density at radius 1 is 1.38 bits per heavy atom. The number of hydrogen-bond donors (Lipinski definition) is 2. The average Bonchev–Trinajstić information content (AvgIpc) is 2.96. The van der Waals surface area contributed by atoms with Crippen molar-refractivity contribution in [1.82, 2.24) is 20.1 Å². The molecular weight excluding hydrogens is 308 g/mol. The van der Waals surface area contributed by atoms with Gasteiger partial charge in [-0.05, 0) is 37.8 Å². The van der Waals surface area contributed by atoms with Gasteiger partial charge in [0.25, 0.3) is 0 Å². The lowest BCUT2D eigenvalue weighted by molar-refractivity contribution is -0.123. The van der Waals surface area contributed by atoms with Gasteiger partial charge in [-0.2, -0.15) is 5.10 Å². The number of amides is 1. The molecule has 1 aliphatic rings. The van der Waals surface area contributed by atoms with Crippen LogP contribution in [0.25, 0.3) is 0 Å². The lowest BCUT2D eigenvalue weighted by atomic mass is 9.92. The van der Waals surface area contributed by atoms with Crippen LogP contribution >= 0.6 is 0 Å². The van der Waals surface area contributed by atoms with Gasteiger partial charge in [0.1, 0.15) is 24.7 Å². The van der Waals surface area contributed by atoms with E-state index in [2.05, 4.69) is 15.5 Å². The molecule has 0 aliphatic heterocycles. The van der Waals surface area contributed by atoms with Crippen LogP contribution in [0.4, 0.5) is 0 Å². The average molecular weight is 330 g/mol. The topological polar surface area (TPSA) is 89.0 Å². The maximum atomic E-state index is 12.2. The molecule has 0 spiro atoms. The number of hydrogen-bond acceptors (Lipinski definition) is 4. The monoisotopic (exact) mass is 330 g/mol. The van der Waals surface area contributed by atoms with Crippen LogP contribution in [0.2, 0.25) is 0 Å². The van der Waals surface area contributed by atoms with Crippen LogP contribution in [-0.2, 0) is 11.3 Å². The van der Waals surface area contributed by atoms with Crippen molar-refractivity contribution in [3.8, 4) is 5.75 Å². The number of H-pyrrole nitrogens is 1. The van der Waals surface area contributed by atoms with Gasteiger partial charge in [-0.25, -0.2) is 9.89 Å². The molecule has 0 radical (unpaired) electrons. The molecule has 1 amide bonds. The minimum atomic E-state index is -0.387. The maximum absolute atomic E-state index is 12.2. The van der Waals surface area contributed by atoms with Gasteiger partial charge in [0.2, 0.25) is 5.91 Å². The summed E-state index contributed by atoms with van der Waals surface area (Å²) in [6.07, 6.45) is 5.20. The highest BCUT2D eigenvalue weighted by Crippen LogP contribution is 2.26. The summed E-state index contributed by atoms with van der Waals surface area (Å²) < 4.78 is 7.40. The molecule has 2 aromatic rings. The predicted molar refractivity (Wildman–Crippen MR) is 88.8 cm³/mol. The first-order valence-electron chi connectivity index (χ1n) is 8.25. The van der Waals surface area contributed by atoms with E-state index in [-0.39, 0.29) is 30.3 Å². The van der Waals surface area contributed by atoms with Gasteiger partial charge in [-0.15, -0.1) is 0 Å². The Hall–Kier alpha value is -2.57. The van der Waals surface area contributed by atoms with E-state index in [9.17, 15) is 9.59 Å². The fourth-order valence-corrected chi connectivity index (χ4v) is 3.04. The molecule has 128 valence electrons. The van der Waals surface area contributed by atoms with Crippen molar-refractivity contribution >= 4 is 5.91 Å². The Labute approximate surface area is 140 Å². The molecule has 1 saturated carbocycles. The van der Waals surface area contributed by atoms with Crippen molar-refractivity contribution in [2.24, 2.45) is 0 Å². The van der Waals surface area contributed by atoms with Gasteiger partial charge in [-0.1, -0.05) is 24.6 Å². The molecule has 1 aliphatic carbocycles. The quantitative estimate of drug-likeness (QED) is 0.867. The van der Waals surface area contributed by atoms with Crippen LogP contribution in [0.3, 0.4) is 0 Å². The zero-order chi connectivity index (χ0) is 16.9. The second kappa shape index (κ2) is 7.33. The summed E-state index contributed by atoms with van der Waals surface area (Å²) in [5.74, 6) is 0.651. The molecule has 0 saturated heterocycles. The van der Waals surface area contributed by atoms with E-state index in [4.69, 9.17) is 4.74 Å². The van der Waals surface area contributed by atoms with E-state index < -0.39 is 0 Å². The van der Waals surface area contributed by atoms with Gasteiger partial charge in [-0.3, -0.25) is 9.36 Å². The van der Waals surface area contributed by atoms with Crippen LogP contribution < -0.4 is 15.7 Å². The van der Waals surface area contributed by atoms with Crippen LogP contribution in [0.15, 0.2) is 35.4 Å². The first-order valence-corrected chi connectivity index (χ1v) is 8.25.